The number of hydrogen-bond donors (Lipinski definition) is 0. The highest BCUT2D eigenvalue weighted by atomic mass is 32.2. The number of pyridine rings is 1. The number of benzene rings is 1. The fraction of sp³-hybridized carbons (Fsp3) is 0.333. The number of amides is 1. The van der Waals surface area contributed by atoms with Gasteiger partial charge in [0.25, 0.3) is 5.89 Å². The van der Waals surface area contributed by atoms with Crippen LogP contribution < -0.4 is 4.31 Å². The number of imidazole rings is 1. The lowest BCUT2D eigenvalue weighted by atomic mass is 10.1. The van der Waals surface area contributed by atoms with Crippen LogP contribution in [0.2, 0.25) is 0 Å². The van der Waals surface area contributed by atoms with Crippen molar-refractivity contribution in [3.63, 3.8) is 0 Å². The summed E-state index contributed by atoms with van der Waals surface area (Å²) in [6.07, 6.45) is -5.51. The number of carbonyl (C=O) groups is 1. The molecular formula is C24H20F6N6O4S. The molecule has 0 aliphatic carbocycles. The Labute approximate surface area is 228 Å². The van der Waals surface area contributed by atoms with E-state index in [0.717, 1.165) is 16.4 Å². The van der Waals surface area contributed by atoms with Crippen LogP contribution in [0.5, 0.6) is 0 Å². The molecule has 0 N–H and O–H groups in total. The Morgan fingerprint density at radius 3 is 2.49 bits per heavy atom. The Balaban J connectivity index is 1.42. The van der Waals surface area contributed by atoms with Gasteiger partial charge in [0.2, 0.25) is 15.9 Å². The van der Waals surface area contributed by atoms with Crippen molar-refractivity contribution in [2.24, 2.45) is 0 Å². The average molecular weight is 603 g/mol. The van der Waals surface area contributed by atoms with Crippen LogP contribution in [0.15, 0.2) is 53.2 Å². The minimum atomic E-state index is -5.07. The number of aromatic nitrogens is 4. The highest BCUT2D eigenvalue weighted by Gasteiger charge is 2.45. The van der Waals surface area contributed by atoms with Gasteiger partial charge in [0, 0.05) is 31.0 Å². The molecule has 0 atom stereocenters. The van der Waals surface area contributed by atoms with Crippen LogP contribution in [0.25, 0.3) is 17.1 Å². The summed E-state index contributed by atoms with van der Waals surface area (Å²) < 4.78 is 113. The highest BCUT2D eigenvalue weighted by molar-refractivity contribution is 7.93. The average Bonchev–Trinajstić information content (AvgIpc) is 3.58. The number of hydrogen-bond acceptors (Lipinski definition) is 7. The van der Waals surface area contributed by atoms with Gasteiger partial charge in [-0.25, -0.2) is 17.8 Å². The number of nitrogens with zero attached hydrogens (tertiary/aromatic N) is 6. The lowest BCUT2D eigenvalue weighted by molar-refractivity contribution is -0.186. The van der Waals surface area contributed by atoms with E-state index in [9.17, 15) is 39.6 Å². The maximum atomic E-state index is 14.1. The molecule has 5 rings (SSSR count). The molecule has 1 fully saturated rings. The van der Waals surface area contributed by atoms with Crippen molar-refractivity contribution in [1.29, 1.82) is 0 Å². The summed E-state index contributed by atoms with van der Waals surface area (Å²) >= 11 is 0. The monoisotopic (exact) mass is 602 g/mol. The molecule has 3 aromatic heterocycles. The first kappa shape index (κ1) is 28.4. The second kappa shape index (κ2) is 10.7. The van der Waals surface area contributed by atoms with Crippen LogP contribution in [0, 0.1) is 5.82 Å². The van der Waals surface area contributed by atoms with E-state index in [0.29, 0.717) is 4.90 Å². The van der Waals surface area contributed by atoms with E-state index < -0.39 is 58.6 Å². The molecule has 4 heterocycles. The Bertz CT molecular complexity index is 1680. The third-order valence-corrected chi connectivity index (χ3v) is 8.75. The van der Waals surface area contributed by atoms with Gasteiger partial charge < -0.3 is 13.7 Å². The van der Waals surface area contributed by atoms with Gasteiger partial charge in [0.15, 0.2) is 0 Å². The van der Waals surface area contributed by atoms with Crippen molar-refractivity contribution < 1.29 is 44.0 Å². The van der Waals surface area contributed by atoms with E-state index in [-0.39, 0.29) is 47.9 Å². The van der Waals surface area contributed by atoms with Gasteiger partial charge in [-0.05, 0) is 43.2 Å². The van der Waals surface area contributed by atoms with Gasteiger partial charge in [-0.15, -0.1) is 10.2 Å². The number of rotatable bonds is 7. The normalized spacial score (nSPS) is 15.1. The zero-order valence-corrected chi connectivity index (χ0v) is 21.6. The van der Waals surface area contributed by atoms with Crippen LogP contribution in [0.4, 0.5) is 32.0 Å². The van der Waals surface area contributed by atoms with Crippen molar-refractivity contribution in [3.8, 4) is 11.5 Å². The smallest absolute Gasteiger partial charge is 0.415 e. The van der Waals surface area contributed by atoms with Crippen LogP contribution in [0.3, 0.4) is 0 Å². The Morgan fingerprint density at radius 2 is 1.85 bits per heavy atom. The summed E-state index contributed by atoms with van der Waals surface area (Å²) in [6.45, 7) is -1.20. The quantitative estimate of drug-likeness (QED) is 0.289. The lowest BCUT2D eigenvalue weighted by Crippen LogP contribution is -2.50. The summed E-state index contributed by atoms with van der Waals surface area (Å²) in [5, 5.41) is 5.72. The second-order valence-corrected chi connectivity index (χ2v) is 11.3. The molecule has 0 radical (unpaired) electrons. The number of halogens is 6. The number of carbonyl (C=O) groups excluding carboxylic acids is 1. The van der Waals surface area contributed by atoms with Crippen molar-refractivity contribution in [3.05, 3.63) is 66.2 Å². The molecule has 1 aliphatic rings. The van der Waals surface area contributed by atoms with Crippen molar-refractivity contribution in [1.82, 2.24) is 24.5 Å². The molecule has 1 saturated heterocycles. The van der Waals surface area contributed by atoms with Crippen molar-refractivity contribution >= 4 is 27.3 Å². The molecular weight excluding hydrogens is 582 g/mol. The molecule has 0 spiro atoms. The first-order valence-corrected chi connectivity index (χ1v) is 13.6. The number of fused-ring (bicyclic) bond motifs is 1. The number of alkyl halides is 5. The van der Waals surface area contributed by atoms with E-state index in [1.165, 1.54) is 41.1 Å². The van der Waals surface area contributed by atoms with Gasteiger partial charge in [0.05, 0.1) is 23.2 Å². The number of anilines is 1. The third kappa shape index (κ3) is 5.84. The Kier molecular flexibility index (Phi) is 7.39. The fourth-order valence-corrected chi connectivity index (χ4v) is 6.39. The zero-order valence-electron chi connectivity index (χ0n) is 20.8. The molecule has 4 aromatic rings. The standard InChI is InChI=1S/C24H20F6N6O4S/c25-15-2-1-3-17(11-15)36(41(38,39)18-5-8-34(9-6-18)23(37)24(28,29)30)13-16-12-35-7-4-14(10-19(35)31-16)21-32-33-22(40-21)20(26)27/h1-4,7,10-12,18,20H,5-6,8-9,13H2. The second-order valence-electron chi connectivity index (χ2n) is 9.18. The van der Waals surface area contributed by atoms with Crippen LogP contribution >= 0.6 is 0 Å². The summed E-state index contributed by atoms with van der Waals surface area (Å²) in [4.78, 5) is 16.5. The van der Waals surface area contributed by atoms with Crippen LogP contribution in [-0.4, -0.2) is 63.3 Å². The molecule has 17 heteroatoms. The first-order chi connectivity index (χ1) is 19.3. The Morgan fingerprint density at radius 1 is 1.12 bits per heavy atom. The van der Waals surface area contributed by atoms with E-state index in [1.54, 1.807) is 0 Å². The largest absolute Gasteiger partial charge is 0.471 e. The van der Waals surface area contributed by atoms with E-state index >= 15 is 0 Å². The molecule has 0 saturated carbocycles. The zero-order chi connectivity index (χ0) is 29.5. The fourth-order valence-electron chi connectivity index (χ4n) is 4.51. The minimum Gasteiger partial charge on any atom is -0.415 e. The molecule has 218 valence electrons. The van der Waals surface area contributed by atoms with Gasteiger partial charge in [0.1, 0.15) is 11.5 Å². The number of piperidine rings is 1. The van der Waals surface area contributed by atoms with Crippen LogP contribution in [0.1, 0.15) is 30.9 Å². The van der Waals surface area contributed by atoms with Crippen molar-refractivity contribution in [2.75, 3.05) is 17.4 Å². The highest BCUT2D eigenvalue weighted by Crippen LogP contribution is 2.30. The molecule has 0 unspecified atom stereocenters. The van der Waals surface area contributed by atoms with E-state index in [2.05, 4.69) is 15.2 Å². The maximum absolute atomic E-state index is 14.1. The maximum Gasteiger partial charge on any atom is 0.471 e. The first-order valence-electron chi connectivity index (χ1n) is 12.1. The van der Waals surface area contributed by atoms with Gasteiger partial charge in [-0.3, -0.25) is 9.10 Å². The summed E-state index contributed by atoms with van der Waals surface area (Å²) in [5.74, 6) is -3.78. The Hall–Kier alpha value is -4.15. The van der Waals surface area contributed by atoms with Crippen LogP contribution in [-0.2, 0) is 21.4 Å². The molecule has 1 aromatic carbocycles. The van der Waals surface area contributed by atoms with Gasteiger partial charge in [-0.1, -0.05) is 6.07 Å². The molecule has 10 nitrogen and oxygen atoms in total. The van der Waals surface area contributed by atoms with Crippen molar-refractivity contribution in [2.45, 2.75) is 37.2 Å². The molecule has 1 amide bonds. The van der Waals surface area contributed by atoms with Gasteiger partial charge in [-0.2, -0.15) is 22.0 Å². The van der Waals surface area contributed by atoms with E-state index in [1.807, 2.05) is 0 Å². The predicted octanol–water partition coefficient (Wildman–Crippen LogP) is 4.35. The topological polar surface area (TPSA) is 114 Å². The molecule has 1 aliphatic heterocycles. The summed E-state index contributed by atoms with van der Waals surface area (Å²) in [6, 6.07) is 7.76. The third-order valence-electron chi connectivity index (χ3n) is 6.49. The van der Waals surface area contributed by atoms with Gasteiger partial charge >= 0.3 is 18.5 Å². The predicted molar refractivity (Wildman–Crippen MR) is 131 cm³/mol. The molecule has 41 heavy (non-hydrogen) atoms. The summed E-state index contributed by atoms with van der Waals surface area (Å²) in [5.41, 5.74) is 0.758. The molecule has 0 bridgehead atoms. The number of sulfonamides is 1. The number of likely N-dealkylation sites (tertiary alicyclic amines) is 1. The van der Waals surface area contributed by atoms with E-state index in [4.69, 9.17) is 4.42 Å². The summed E-state index contributed by atoms with van der Waals surface area (Å²) in [7, 11) is -4.28. The minimum absolute atomic E-state index is 0.0260. The lowest BCUT2D eigenvalue weighted by Gasteiger charge is -2.35. The SMILES string of the molecule is O=C(N1CCC(S(=O)(=O)N(Cc2cn3ccc(-c4nnc(C(F)F)o4)cc3n2)c2cccc(F)c2)CC1)C(F)(F)F.